The number of carbonyl (C=O) groups is 1. The first kappa shape index (κ1) is 16.8. The van der Waals surface area contributed by atoms with Gasteiger partial charge in [0.25, 0.3) is 0 Å². The van der Waals surface area contributed by atoms with E-state index < -0.39 is 5.97 Å². The van der Waals surface area contributed by atoms with Crippen LogP contribution in [-0.2, 0) is 6.54 Å². The fourth-order valence-electron chi connectivity index (χ4n) is 2.78. The second-order valence-corrected chi connectivity index (χ2v) is 6.17. The van der Waals surface area contributed by atoms with E-state index in [0.717, 1.165) is 27.8 Å². The molecular weight excluding hydrogens is 314 g/mol. The van der Waals surface area contributed by atoms with E-state index in [9.17, 15) is 4.79 Å². The molecule has 0 saturated heterocycles. The number of aromatic carboxylic acids is 1. The molecule has 0 atom stereocenters. The van der Waals surface area contributed by atoms with E-state index in [-0.39, 0.29) is 11.7 Å². The summed E-state index contributed by atoms with van der Waals surface area (Å²) in [6, 6.07) is 19.0. The minimum atomic E-state index is -0.923. The third kappa shape index (κ3) is 3.91. The molecule has 0 saturated carbocycles. The molecule has 0 heterocycles. The van der Waals surface area contributed by atoms with Crippen LogP contribution in [0.25, 0.3) is 10.8 Å². The van der Waals surface area contributed by atoms with Crippen molar-refractivity contribution in [3.63, 3.8) is 0 Å². The van der Waals surface area contributed by atoms with Crippen LogP contribution in [0.3, 0.4) is 0 Å². The SMILES string of the molecule is CC(C)Oc1ccc2ccccc2c1CNc1ccc(C(=O)O)cc1. The first-order chi connectivity index (χ1) is 12.0. The molecule has 128 valence electrons. The highest BCUT2D eigenvalue weighted by Gasteiger charge is 2.10. The second kappa shape index (κ2) is 7.26. The number of fused-ring (bicyclic) bond motifs is 1. The van der Waals surface area contributed by atoms with Crippen LogP contribution in [0.5, 0.6) is 5.75 Å². The van der Waals surface area contributed by atoms with Crippen LogP contribution in [0.2, 0.25) is 0 Å². The summed E-state index contributed by atoms with van der Waals surface area (Å²) in [4.78, 5) is 10.9. The first-order valence-electron chi connectivity index (χ1n) is 8.29. The zero-order valence-electron chi connectivity index (χ0n) is 14.3. The Labute approximate surface area is 147 Å². The maximum atomic E-state index is 10.9. The van der Waals surface area contributed by atoms with Crippen LogP contribution >= 0.6 is 0 Å². The van der Waals surface area contributed by atoms with Crippen molar-refractivity contribution < 1.29 is 14.6 Å². The summed E-state index contributed by atoms with van der Waals surface area (Å²) in [5.74, 6) is -0.0587. The van der Waals surface area contributed by atoms with E-state index in [1.807, 2.05) is 32.0 Å². The van der Waals surface area contributed by atoms with E-state index in [1.165, 1.54) is 0 Å². The average molecular weight is 335 g/mol. The summed E-state index contributed by atoms with van der Waals surface area (Å²) in [5.41, 5.74) is 2.24. The van der Waals surface area contributed by atoms with Gasteiger partial charge in [-0.15, -0.1) is 0 Å². The number of nitrogens with one attached hydrogen (secondary N) is 1. The lowest BCUT2D eigenvalue weighted by Gasteiger charge is -2.17. The summed E-state index contributed by atoms with van der Waals surface area (Å²) in [6.45, 7) is 4.61. The molecule has 4 heteroatoms. The van der Waals surface area contributed by atoms with E-state index in [1.54, 1.807) is 24.3 Å². The fraction of sp³-hybridized carbons (Fsp3) is 0.190. The molecule has 0 bridgehead atoms. The largest absolute Gasteiger partial charge is 0.491 e. The van der Waals surface area contributed by atoms with E-state index in [0.29, 0.717) is 6.54 Å². The highest BCUT2D eigenvalue weighted by molar-refractivity contribution is 5.89. The number of rotatable bonds is 6. The molecule has 3 aromatic rings. The number of hydrogen-bond acceptors (Lipinski definition) is 3. The molecule has 0 radical (unpaired) electrons. The van der Waals surface area contributed by atoms with Gasteiger partial charge in [-0.2, -0.15) is 0 Å². The Kier molecular flexibility index (Phi) is 4.89. The van der Waals surface area contributed by atoms with Gasteiger partial charge in [0.05, 0.1) is 11.7 Å². The average Bonchev–Trinajstić information content (AvgIpc) is 2.60. The number of hydrogen-bond donors (Lipinski definition) is 2. The fourth-order valence-corrected chi connectivity index (χ4v) is 2.78. The van der Waals surface area contributed by atoms with Gasteiger partial charge >= 0.3 is 5.97 Å². The summed E-state index contributed by atoms with van der Waals surface area (Å²) in [5, 5.41) is 14.7. The molecule has 0 spiro atoms. The molecule has 3 rings (SSSR count). The van der Waals surface area contributed by atoms with Gasteiger partial charge in [0.15, 0.2) is 0 Å². The predicted octanol–water partition coefficient (Wildman–Crippen LogP) is 4.94. The Balaban J connectivity index is 1.89. The zero-order chi connectivity index (χ0) is 17.8. The Morgan fingerprint density at radius 3 is 2.44 bits per heavy atom. The van der Waals surface area contributed by atoms with Gasteiger partial charge < -0.3 is 15.2 Å². The van der Waals surface area contributed by atoms with Crippen LogP contribution in [0.15, 0.2) is 60.7 Å². The molecular formula is C21H21NO3. The molecule has 0 aliphatic rings. The van der Waals surface area contributed by atoms with Crippen molar-refractivity contribution in [2.75, 3.05) is 5.32 Å². The smallest absolute Gasteiger partial charge is 0.335 e. The van der Waals surface area contributed by atoms with E-state index >= 15 is 0 Å². The Hall–Kier alpha value is -3.01. The molecule has 0 unspecified atom stereocenters. The van der Waals surface area contributed by atoms with Gasteiger partial charge in [-0.3, -0.25) is 0 Å². The minimum absolute atomic E-state index is 0.0924. The number of benzene rings is 3. The molecule has 3 aromatic carbocycles. The van der Waals surface area contributed by atoms with Crippen LogP contribution in [0, 0.1) is 0 Å². The maximum absolute atomic E-state index is 10.9. The van der Waals surface area contributed by atoms with Crippen molar-refractivity contribution in [3.05, 3.63) is 71.8 Å². The van der Waals surface area contributed by atoms with Crippen LogP contribution in [-0.4, -0.2) is 17.2 Å². The van der Waals surface area contributed by atoms with Gasteiger partial charge in [0.2, 0.25) is 0 Å². The van der Waals surface area contributed by atoms with Crippen LogP contribution < -0.4 is 10.1 Å². The standard InChI is InChI=1S/C21H21NO3/c1-14(2)25-20-12-9-15-5-3-4-6-18(15)19(20)13-22-17-10-7-16(8-11-17)21(23)24/h3-12,14,22H,13H2,1-2H3,(H,23,24). The van der Waals surface area contributed by atoms with Crippen LogP contribution in [0.1, 0.15) is 29.8 Å². The summed E-state index contributed by atoms with van der Waals surface area (Å²) < 4.78 is 5.97. The summed E-state index contributed by atoms with van der Waals surface area (Å²) in [6.07, 6.45) is 0.0924. The molecule has 0 amide bonds. The van der Waals surface area contributed by atoms with E-state index in [4.69, 9.17) is 9.84 Å². The van der Waals surface area contributed by atoms with Crippen molar-refractivity contribution in [2.45, 2.75) is 26.5 Å². The molecule has 25 heavy (non-hydrogen) atoms. The molecule has 2 N–H and O–H groups in total. The summed E-state index contributed by atoms with van der Waals surface area (Å²) >= 11 is 0. The highest BCUT2D eigenvalue weighted by Crippen LogP contribution is 2.29. The third-order valence-electron chi connectivity index (χ3n) is 3.96. The molecule has 0 fully saturated rings. The highest BCUT2D eigenvalue weighted by atomic mass is 16.5. The lowest BCUT2D eigenvalue weighted by Crippen LogP contribution is -2.10. The Bertz CT molecular complexity index is 885. The quantitative estimate of drug-likeness (QED) is 0.670. The van der Waals surface area contributed by atoms with Gasteiger partial charge in [0.1, 0.15) is 5.75 Å². The number of anilines is 1. The molecule has 4 nitrogen and oxygen atoms in total. The monoisotopic (exact) mass is 335 g/mol. The van der Waals surface area contributed by atoms with Crippen molar-refractivity contribution in [3.8, 4) is 5.75 Å². The van der Waals surface area contributed by atoms with Gasteiger partial charge in [-0.25, -0.2) is 4.79 Å². The third-order valence-corrected chi connectivity index (χ3v) is 3.96. The van der Waals surface area contributed by atoms with Crippen molar-refractivity contribution in [1.29, 1.82) is 0 Å². The molecule has 0 aliphatic carbocycles. The maximum Gasteiger partial charge on any atom is 0.335 e. The normalized spacial score (nSPS) is 10.8. The van der Waals surface area contributed by atoms with Gasteiger partial charge in [-0.05, 0) is 55.0 Å². The van der Waals surface area contributed by atoms with E-state index in [2.05, 4.69) is 23.5 Å². The lowest BCUT2D eigenvalue weighted by molar-refractivity contribution is 0.0697. The number of carboxylic acids is 1. The topological polar surface area (TPSA) is 58.6 Å². The van der Waals surface area contributed by atoms with Crippen molar-refractivity contribution >= 4 is 22.4 Å². The minimum Gasteiger partial charge on any atom is -0.491 e. The van der Waals surface area contributed by atoms with Gasteiger partial charge in [0, 0.05) is 17.8 Å². The Morgan fingerprint density at radius 2 is 1.76 bits per heavy atom. The first-order valence-corrected chi connectivity index (χ1v) is 8.29. The zero-order valence-corrected chi connectivity index (χ0v) is 14.3. The number of ether oxygens (including phenoxy) is 1. The van der Waals surface area contributed by atoms with Crippen LogP contribution in [0.4, 0.5) is 5.69 Å². The predicted molar refractivity (Wildman–Crippen MR) is 100 cm³/mol. The van der Waals surface area contributed by atoms with Crippen molar-refractivity contribution in [2.24, 2.45) is 0 Å². The lowest BCUT2D eigenvalue weighted by atomic mass is 10.0. The van der Waals surface area contributed by atoms with Gasteiger partial charge in [-0.1, -0.05) is 30.3 Å². The molecule has 0 aromatic heterocycles. The number of carboxylic acid groups (broad SMARTS) is 1. The summed E-state index contributed by atoms with van der Waals surface area (Å²) in [7, 11) is 0. The van der Waals surface area contributed by atoms with Crippen molar-refractivity contribution in [1.82, 2.24) is 0 Å². The Morgan fingerprint density at radius 1 is 1.04 bits per heavy atom. The molecule has 0 aliphatic heterocycles. The second-order valence-electron chi connectivity index (χ2n) is 6.17.